The number of rotatable bonds is 5. The van der Waals surface area contributed by atoms with Gasteiger partial charge in [-0.15, -0.1) is 0 Å². The third kappa shape index (κ3) is 4.09. The molecule has 0 radical (unpaired) electrons. The van der Waals surface area contributed by atoms with Gasteiger partial charge >= 0.3 is 6.18 Å². The van der Waals surface area contributed by atoms with Gasteiger partial charge < -0.3 is 20.1 Å². The topological polar surface area (TPSA) is 90.3 Å². The second-order valence-corrected chi connectivity index (χ2v) is 7.20. The van der Waals surface area contributed by atoms with E-state index in [9.17, 15) is 18.0 Å². The number of hydrogen-bond acceptors (Lipinski definition) is 6. The molecule has 8 nitrogen and oxygen atoms in total. The SMILES string of the molecule is COc1ccc(OC)c(NC(=O)C2=C(C)Nc3ncnn3C2c2ccccc2C(F)(F)F)c1. The number of benzene rings is 2. The highest BCUT2D eigenvalue weighted by molar-refractivity contribution is 6.06. The first kappa shape index (κ1) is 22.2. The highest BCUT2D eigenvalue weighted by Gasteiger charge is 2.40. The van der Waals surface area contributed by atoms with Gasteiger partial charge in [0, 0.05) is 11.8 Å². The molecule has 2 N–H and O–H groups in total. The van der Waals surface area contributed by atoms with Crippen molar-refractivity contribution in [2.45, 2.75) is 19.1 Å². The van der Waals surface area contributed by atoms with Gasteiger partial charge in [0.15, 0.2) is 0 Å². The molecule has 1 aromatic heterocycles. The van der Waals surface area contributed by atoms with Crippen molar-refractivity contribution in [3.8, 4) is 11.5 Å². The predicted molar refractivity (Wildman–Crippen MR) is 114 cm³/mol. The number of allylic oxidation sites excluding steroid dienone is 1. The maximum Gasteiger partial charge on any atom is 0.416 e. The zero-order valence-corrected chi connectivity index (χ0v) is 17.9. The number of fused-ring (bicyclic) bond motifs is 1. The van der Waals surface area contributed by atoms with Crippen LogP contribution in [0.1, 0.15) is 24.1 Å². The van der Waals surface area contributed by atoms with E-state index in [0.29, 0.717) is 22.9 Å². The number of halogens is 3. The maximum atomic E-state index is 13.9. The number of ether oxygens (including phenoxy) is 2. The Morgan fingerprint density at radius 3 is 2.61 bits per heavy atom. The van der Waals surface area contributed by atoms with Crippen LogP contribution in [0.15, 0.2) is 60.1 Å². The largest absolute Gasteiger partial charge is 0.497 e. The Labute approximate surface area is 187 Å². The van der Waals surface area contributed by atoms with Gasteiger partial charge in [-0.05, 0) is 30.7 Å². The number of methoxy groups -OCH3 is 2. The number of hydrogen-bond donors (Lipinski definition) is 2. The van der Waals surface area contributed by atoms with Crippen molar-refractivity contribution in [3.63, 3.8) is 0 Å². The molecule has 4 rings (SSSR count). The predicted octanol–water partition coefficient (Wildman–Crippen LogP) is 4.24. The molecule has 1 atom stereocenters. The van der Waals surface area contributed by atoms with Crippen LogP contribution in [-0.2, 0) is 11.0 Å². The standard InChI is InChI=1S/C22H20F3N5O3/c1-12-18(20(31)29-16-10-13(32-2)8-9-17(16)33-3)19(30-21(28-12)26-11-27-30)14-6-4-5-7-15(14)22(23,24)25/h4-11,19H,1-3H3,(H,29,31)(H,26,27,28). The average Bonchev–Trinajstić information content (AvgIpc) is 3.25. The Morgan fingerprint density at radius 2 is 1.91 bits per heavy atom. The van der Waals surface area contributed by atoms with Crippen molar-refractivity contribution in [3.05, 3.63) is 71.2 Å². The molecule has 1 aliphatic rings. The van der Waals surface area contributed by atoms with E-state index in [-0.39, 0.29) is 17.1 Å². The zero-order valence-electron chi connectivity index (χ0n) is 17.9. The van der Waals surface area contributed by atoms with Gasteiger partial charge in [0.1, 0.15) is 23.9 Å². The molecule has 1 aliphatic heterocycles. The minimum Gasteiger partial charge on any atom is -0.497 e. The molecule has 0 aliphatic carbocycles. The van der Waals surface area contributed by atoms with Crippen molar-refractivity contribution >= 4 is 17.5 Å². The first-order chi connectivity index (χ1) is 15.7. The average molecular weight is 459 g/mol. The Morgan fingerprint density at radius 1 is 1.15 bits per heavy atom. The van der Waals surface area contributed by atoms with Crippen molar-refractivity contribution in [2.75, 3.05) is 24.9 Å². The number of amides is 1. The molecule has 1 unspecified atom stereocenters. The van der Waals surface area contributed by atoms with Gasteiger partial charge in [-0.25, -0.2) is 4.68 Å². The molecule has 2 heterocycles. The number of alkyl halides is 3. The van der Waals surface area contributed by atoms with E-state index < -0.39 is 23.7 Å². The molecule has 0 bridgehead atoms. The first-order valence-electron chi connectivity index (χ1n) is 9.81. The first-order valence-corrected chi connectivity index (χ1v) is 9.81. The smallest absolute Gasteiger partial charge is 0.416 e. The van der Waals surface area contributed by atoms with E-state index in [1.807, 2.05) is 0 Å². The van der Waals surface area contributed by atoms with Crippen molar-refractivity contribution in [1.82, 2.24) is 14.8 Å². The number of aromatic nitrogens is 3. The van der Waals surface area contributed by atoms with Gasteiger partial charge in [-0.3, -0.25) is 4.79 Å². The van der Waals surface area contributed by atoms with E-state index in [0.717, 1.165) is 6.07 Å². The van der Waals surface area contributed by atoms with Gasteiger partial charge in [0.05, 0.1) is 31.0 Å². The number of carbonyl (C=O) groups is 1. The fraction of sp³-hybridized carbons (Fsp3) is 0.227. The number of nitrogens with zero attached hydrogens (tertiary/aromatic N) is 3. The van der Waals surface area contributed by atoms with E-state index in [1.54, 1.807) is 25.1 Å². The quantitative estimate of drug-likeness (QED) is 0.593. The summed E-state index contributed by atoms with van der Waals surface area (Å²) < 4.78 is 53.3. The number of carbonyl (C=O) groups excluding carboxylic acids is 1. The van der Waals surface area contributed by atoms with Gasteiger partial charge in [0.2, 0.25) is 5.95 Å². The summed E-state index contributed by atoms with van der Waals surface area (Å²) in [6.45, 7) is 1.60. The minimum atomic E-state index is -4.63. The van der Waals surface area contributed by atoms with Crippen molar-refractivity contribution in [2.24, 2.45) is 0 Å². The lowest BCUT2D eigenvalue weighted by Gasteiger charge is -2.30. The lowest BCUT2D eigenvalue weighted by molar-refractivity contribution is -0.138. The molecule has 3 aromatic rings. The molecular formula is C22H20F3N5O3. The summed E-state index contributed by atoms with van der Waals surface area (Å²) in [5.74, 6) is 0.427. The van der Waals surface area contributed by atoms with Crippen LogP contribution in [0.2, 0.25) is 0 Å². The fourth-order valence-corrected chi connectivity index (χ4v) is 3.77. The molecule has 172 valence electrons. The third-order valence-electron chi connectivity index (χ3n) is 5.25. The monoisotopic (exact) mass is 459 g/mol. The van der Waals surface area contributed by atoms with E-state index >= 15 is 0 Å². The summed E-state index contributed by atoms with van der Waals surface area (Å²) >= 11 is 0. The van der Waals surface area contributed by atoms with Crippen LogP contribution in [0.25, 0.3) is 0 Å². The molecule has 0 fully saturated rings. The van der Waals surface area contributed by atoms with Crippen molar-refractivity contribution in [1.29, 1.82) is 0 Å². The molecular weight excluding hydrogens is 439 g/mol. The summed E-state index contributed by atoms with van der Waals surface area (Å²) in [7, 11) is 2.91. The maximum absolute atomic E-state index is 13.9. The van der Waals surface area contributed by atoms with Crippen LogP contribution in [0.5, 0.6) is 11.5 Å². The zero-order chi connectivity index (χ0) is 23.8. The number of nitrogens with one attached hydrogen (secondary N) is 2. The normalized spacial score (nSPS) is 15.5. The molecule has 33 heavy (non-hydrogen) atoms. The summed E-state index contributed by atoms with van der Waals surface area (Å²) in [5.41, 5.74) is -0.295. The molecule has 1 amide bonds. The van der Waals surface area contributed by atoms with Crippen LogP contribution < -0.4 is 20.1 Å². The Hall–Kier alpha value is -4.02. The van der Waals surface area contributed by atoms with Crippen LogP contribution in [0, 0.1) is 0 Å². The third-order valence-corrected chi connectivity index (χ3v) is 5.25. The fourth-order valence-electron chi connectivity index (χ4n) is 3.77. The minimum absolute atomic E-state index is 0.0505. The second-order valence-electron chi connectivity index (χ2n) is 7.20. The highest BCUT2D eigenvalue weighted by Crippen LogP contribution is 2.42. The Balaban J connectivity index is 1.83. The molecule has 0 spiro atoms. The molecule has 11 heteroatoms. The van der Waals surface area contributed by atoms with E-state index in [2.05, 4.69) is 20.7 Å². The summed E-state index contributed by atoms with van der Waals surface area (Å²) in [6.07, 6.45) is -3.42. The van der Waals surface area contributed by atoms with Crippen LogP contribution in [0.4, 0.5) is 24.8 Å². The van der Waals surface area contributed by atoms with Crippen LogP contribution in [-0.4, -0.2) is 34.9 Å². The van der Waals surface area contributed by atoms with Crippen LogP contribution in [0.3, 0.4) is 0 Å². The molecule has 0 saturated carbocycles. The molecule has 2 aromatic carbocycles. The Kier molecular flexibility index (Phi) is 5.71. The van der Waals surface area contributed by atoms with Crippen molar-refractivity contribution < 1.29 is 27.4 Å². The lowest BCUT2D eigenvalue weighted by atomic mass is 9.91. The molecule has 0 saturated heterocycles. The summed E-state index contributed by atoms with van der Waals surface area (Å²) in [4.78, 5) is 17.5. The summed E-state index contributed by atoms with van der Waals surface area (Å²) in [5, 5.41) is 9.76. The highest BCUT2D eigenvalue weighted by atomic mass is 19.4. The lowest BCUT2D eigenvalue weighted by Crippen LogP contribution is -2.32. The van der Waals surface area contributed by atoms with Crippen LogP contribution >= 0.6 is 0 Å². The Bertz CT molecular complexity index is 1240. The van der Waals surface area contributed by atoms with E-state index in [4.69, 9.17) is 9.47 Å². The number of anilines is 2. The van der Waals surface area contributed by atoms with Gasteiger partial charge in [-0.1, -0.05) is 18.2 Å². The van der Waals surface area contributed by atoms with E-state index in [1.165, 1.54) is 43.4 Å². The van der Waals surface area contributed by atoms with Gasteiger partial charge in [-0.2, -0.15) is 23.3 Å². The van der Waals surface area contributed by atoms with Gasteiger partial charge in [0.25, 0.3) is 5.91 Å². The summed E-state index contributed by atoms with van der Waals surface area (Å²) in [6, 6.07) is 8.75. The second kappa shape index (κ2) is 8.49.